The van der Waals surface area contributed by atoms with E-state index in [1.54, 1.807) is 19.2 Å². The quantitative estimate of drug-likeness (QED) is 0.844. The van der Waals surface area contributed by atoms with Crippen LogP contribution in [0, 0.1) is 17.1 Å². The van der Waals surface area contributed by atoms with Crippen LogP contribution in [0.15, 0.2) is 42.5 Å². The molecule has 0 heterocycles. The van der Waals surface area contributed by atoms with Gasteiger partial charge in [0.25, 0.3) is 0 Å². The first-order valence-corrected chi connectivity index (χ1v) is 6.68. The highest BCUT2D eigenvalue weighted by atomic mass is 19.1. The van der Waals surface area contributed by atoms with Crippen molar-refractivity contribution in [3.63, 3.8) is 0 Å². The number of anilines is 1. The zero-order chi connectivity index (χ0) is 15.2. The van der Waals surface area contributed by atoms with Crippen molar-refractivity contribution in [2.45, 2.75) is 6.42 Å². The molecule has 3 nitrogen and oxygen atoms in total. The van der Waals surface area contributed by atoms with Crippen molar-refractivity contribution in [3.05, 3.63) is 59.4 Å². The number of hydrogen-bond donors (Lipinski definition) is 0. The molecular formula is C17H17FN2O. The molecule has 0 N–H and O–H groups in total. The molecule has 21 heavy (non-hydrogen) atoms. The molecule has 0 saturated heterocycles. The highest BCUT2D eigenvalue weighted by molar-refractivity contribution is 5.50. The summed E-state index contributed by atoms with van der Waals surface area (Å²) in [6, 6.07) is 14.2. The standard InChI is InChI=1S/C17H17FN2O/c1-20(16-8-7-13(12-19)11-15(16)18)10-9-14-5-3-4-6-17(14)21-2/h3-8,11H,9-10H2,1-2H3. The van der Waals surface area contributed by atoms with Gasteiger partial charge in [-0.1, -0.05) is 18.2 Å². The van der Waals surface area contributed by atoms with Crippen molar-refractivity contribution in [2.75, 3.05) is 25.6 Å². The molecule has 4 heteroatoms. The molecule has 0 bridgehead atoms. The van der Waals surface area contributed by atoms with E-state index in [0.29, 0.717) is 17.8 Å². The van der Waals surface area contributed by atoms with Gasteiger partial charge in [0.1, 0.15) is 11.6 Å². The predicted octanol–water partition coefficient (Wildman–Crippen LogP) is 3.38. The van der Waals surface area contributed by atoms with Gasteiger partial charge in [0.2, 0.25) is 0 Å². The summed E-state index contributed by atoms with van der Waals surface area (Å²) >= 11 is 0. The van der Waals surface area contributed by atoms with E-state index in [4.69, 9.17) is 10.00 Å². The summed E-state index contributed by atoms with van der Waals surface area (Å²) in [5, 5.41) is 8.76. The molecule has 0 aromatic heterocycles. The summed E-state index contributed by atoms with van der Waals surface area (Å²) in [7, 11) is 3.47. The third-order valence-corrected chi connectivity index (χ3v) is 3.40. The molecule has 2 aromatic rings. The van der Waals surface area contributed by atoms with Crippen molar-refractivity contribution >= 4 is 5.69 Å². The van der Waals surface area contributed by atoms with Gasteiger partial charge in [-0.3, -0.25) is 0 Å². The van der Waals surface area contributed by atoms with E-state index in [0.717, 1.165) is 17.7 Å². The molecule has 0 fully saturated rings. The summed E-state index contributed by atoms with van der Waals surface area (Å²) in [6.07, 6.45) is 0.750. The molecule has 0 aliphatic rings. The van der Waals surface area contributed by atoms with Gasteiger partial charge in [-0.2, -0.15) is 5.26 Å². The van der Waals surface area contributed by atoms with Gasteiger partial charge in [0.05, 0.1) is 24.4 Å². The lowest BCUT2D eigenvalue weighted by Gasteiger charge is -2.20. The third kappa shape index (κ3) is 3.51. The second kappa shape index (κ2) is 6.76. The van der Waals surface area contributed by atoms with Crippen molar-refractivity contribution < 1.29 is 9.13 Å². The highest BCUT2D eigenvalue weighted by Crippen LogP contribution is 2.22. The maximum Gasteiger partial charge on any atom is 0.147 e. The number of halogens is 1. The first kappa shape index (κ1) is 14.9. The fourth-order valence-corrected chi connectivity index (χ4v) is 2.20. The lowest BCUT2D eigenvalue weighted by molar-refractivity contribution is 0.409. The van der Waals surface area contributed by atoms with Crippen LogP contribution in [-0.2, 0) is 6.42 Å². The van der Waals surface area contributed by atoms with Crippen LogP contribution in [0.5, 0.6) is 5.75 Å². The first-order chi connectivity index (χ1) is 10.2. The summed E-state index contributed by atoms with van der Waals surface area (Å²) in [5.41, 5.74) is 1.90. The van der Waals surface area contributed by atoms with E-state index in [2.05, 4.69) is 0 Å². The lowest BCUT2D eigenvalue weighted by atomic mass is 10.1. The van der Waals surface area contributed by atoms with Crippen LogP contribution in [0.25, 0.3) is 0 Å². The largest absolute Gasteiger partial charge is 0.496 e. The minimum Gasteiger partial charge on any atom is -0.496 e. The summed E-state index contributed by atoms with van der Waals surface area (Å²) in [5.74, 6) is 0.461. The van der Waals surface area contributed by atoms with E-state index in [9.17, 15) is 4.39 Å². The van der Waals surface area contributed by atoms with Gasteiger partial charge < -0.3 is 9.64 Å². The average molecular weight is 284 g/mol. The Labute approximate surface area is 124 Å². The molecule has 0 radical (unpaired) electrons. The smallest absolute Gasteiger partial charge is 0.147 e. The Kier molecular flexibility index (Phi) is 4.78. The van der Waals surface area contributed by atoms with Crippen molar-refractivity contribution in [1.82, 2.24) is 0 Å². The SMILES string of the molecule is COc1ccccc1CCN(C)c1ccc(C#N)cc1F. The van der Waals surface area contributed by atoms with Crippen LogP contribution in [-0.4, -0.2) is 20.7 Å². The Morgan fingerprint density at radius 2 is 2.00 bits per heavy atom. The number of hydrogen-bond acceptors (Lipinski definition) is 3. The molecule has 0 atom stereocenters. The predicted molar refractivity (Wildman–Crippen MR) is 81.1 cm³/mol. The maximum atomic E-state index is 13.9. The second-order valence-electron chi connectivity index (χ2n) is 4.76. The van der Waals surface area contributed by atoms with Gasteiger partial charge in [-0.05, 0) is 36.2 Å². The van der Waals surface area contributed by atoms with Gasteiger partial charge in [0, 0.05) is 13.6 Å². The second-order valence-corrected chi connectivity index (χ2v) is 4.76. The van der Waals surface area contributed by atoms with Gasteiger partial charge in [-0.25, -0.2) is 4.39 Å². The minimum atomic E-state index is -0.378. The number of para-hydroxylation sites is 1. The van der Waals surface area contributed by atoms with Crippen LogP contribution in [0.1, 0.15) is 11.1 Å². The van der Waals surface area contributed by atoms with Gasteiger partial charge >= 0.3 is 0 Å². The number of ether oxygens (including phenoxy) is 1. The monoisotopic (exact) mass is 284 g/mol. The van der Waals surface area contributed by atoms with Gasteiger partial charge in [-0.15, -0.1) is 0 Å². The zero-order valence-electron chi connectivity index (χ0n) is 12.1. The summed E-state index contributed by atoms with van der Waals surface area (Å²) in [6.45, 7) is 0.656. The number of benzene rings is 2. The Morgan fingerprint density at radius 1 is 1.24 bits per heavy atom. The third-order valence-electron chi connectivity index (χ3n) is 3.40. The molecule has 0 spiro atoms. The maximum absolute atomic E-state index is 13.9. The molecule has 0 unspecified atom stereocenters. The Hall–Kier alpha value is -2.54. The van der Waals surface area contributed by atoms with E-state index < -0.39 is 0 Å². The van der Waals surface area contributed by atoms with Crippen molar-refractivity contribution in [3.8, 4) is 11.8 Å². The number of nitriles is 1. The number of rotatable bonds is 5. The molecule has 108 valence electrons. The fourth-order valence-electron chi connectivity index (χ4n) is 2.20. The van der Waals surface area contributed by atoms with E-state index in [1.807, 2.05) is 42.3 Å². The topological polar surface area (TPSA) is 36.3 Å². The molecule has 2 aromatic carbocycles. The minimum absolute atomic E-state index is 0.328. The molecule has 2 rings (SSSR count). The normalized spacial score (nSPS) is 10.0. The fraction of sp³-hybridized carbons (Fsp3) is 0.235. The van der Waals surface area contributed by atoms with Crippen LogP contribution in [0.4, 0.5) is 10.1 Å². The Bertz CT molecular complexity index is 664. The molecule has 0 aliphatic heterocycles. The van der Waals surface area contributed by atoms with Gasteiger partial charge in [0.15, 0.2) is 0 Å². The van der Waals surface area contributed by atoms with E-state index >= 15 is 0 Å². The number of nitrogens with zero attached hydrogens (tertiary/aromatic N) is 2. The molecular weight excluding hydrogens is 267 g/mol. The molecule has 0 amide bonds. The summed E-state index contributed by atoms with van der Waals surface area (Å²) < 4.78 is 19.3. The lowest BCUT2D eigenvalue weighted by Crippen LogP contribution is -2.21. The zero-order valence-corrected chi connectivity index (χ0v) is 12.1. The average Bonchev–Trinajstić information content (AvgIpc) is 2.52. The molecule has 0 aliphatic carbocycles. The van der Waals surface area contributed by atoms with Crippen molar-refractivity contribution in [1.29, 1.82) is 5.26 Å². The van der Waals surface area contributed by atoms with Crippen LogP contribution in [0.2, 0.25) is 0 Å². The van der Waals surface area contributed by atoms with Crippen LogP contribution >= 0.6 is 0 Å². The van der Waals surface area contributed by atoms with Crippen molar-refractivity contribution in [2.24, 2.45) is 0 Å². The highest BCUT2D eigenvalue weighted by Gasteiger charge is 2.10. The Morgan fingerprint density at radius 3 is 2.67 bits per heavy atom. The van der Waals surface area contributed by atoms with E-state index in [1.165, 1.54) is 6.07 Å². The number of likely N-dealkylation sites (N-methyl/N-ethyl adjacent to an activating group) is 1. The van der Waals surface area contributed by atoms with Crippen LogP contribution in [0.3, 0.4) is 0 Å². The Balaban J connectivity index is 2.08. The summed E-state index contributed by atoms with van der Waals surface area (Å²) in [4.78, 5) is 1.84. The number of methoxy groups -OCH3 is 1. The molecule has 0 saturated carbocycles. The van der Waals surface area contributed by atoms with Crippen LogP contribution < -0.4 is 9.64 Å². The van der Waals surface area contributed by atoms with E-state index in [-0.39, 0.29) is 5.82 Å². The first-order valence-electron chi connectivity index (χ1n) is 6.68.